The molecule has 0 aromatic carbocycles. The van der Waals surface area contributed by atoms with Gasteiger partial charge in [-0.1, -0.05) is 0 Å². The van der Waals surface area contributed by atoms with E-state index in [4.69, 9.17) is 32.8 Å². The van der Waals surface area contributed by atoms with Crippen molar-refractivity contribution in [3.05, 3.63) is 0 Å². The first-order valence-corrected chi connectivity index (χ1v) is 5.57. The maximum absolute atomic E-state index is 9.24. The van der Waals surface area contributed by atoms with Crippen LogP contribution in [0.4, 0.5) is 0 Å². The Bertz CT molecular complexity index is 336. The summed E-state index contributed by atoms with van der Waals surface area (Å²) in [5.41, 5.74) is 13.7. The van der Waals surface area contributed by atoms with Crippen molar-refractivity contribution >= 4 is 28.3 Å². The second-order valence-electron chi connectivity index (χ2n) is 2.20. The molecule has 0 fully saturated rings. The zero-order chi connectivity index (χ0) is 17.4. The van der Waals surface area contributed by atoms with Crippen LogP contribution in [0.5, 0.6) is 0 Å². The van der Waals surface area contributed by atoms with Gasteiger partial charge in [0.2, 0.25) is 0 Å². The van der Waals surface area contributed by atoms with E-state index in [1.807, 2.05) is 0 Å². The molecule has 0 saturated heterocycles. The van der Waals surface area contributed by atoms with Crippen LogP contribution in [0.15, 0.2) is 0 Å². The Labute approximate surface area is 170 Å². The van der Waals surface area contributed by atoms with Gasteiger partial charge in [-0.15, -0.1) is 0 Å². The van der Waals surface area contributed by atoms with Gasteiger partial charge in [0.05, 0.1) is 19.6 Å². The maximum atomic E-state index is 9.24. The summed E-state index contributed by atoms with van der Waals surface area (Å²) in [5, 5.41) is 22.8. The third-order valence-electron chi connectivity index (χ3n) is 0.524. The van der Waals surface area contributed by atoms with Crippen LogP contribution in [0.3, 0.4) is 0 Å². The number of hydrogen-bond acceptors (Lipinski definition) is 10. The van der Waals surface area contributed by atoms with Crippen molar-refractivity contribution in [1.29, 1.82) is 0 Å². The van der Waals surface area contributed by atoms with Crippen LogP contribution in [-0.4, -0.2) is 70.4 Å². The summed E-state index contributed by atoms with van der Waals surface area (Å²) in [7, 11) is -5.17. The molecule has 13 nitrogen and oxygen atoms in total. The summed E-state index contributed by atoms with van der Waals surface area (Å²) in [5.74, 6) is -2.90. The van der Waals surface area contributed by atoms with Gasteiger partial charge in [0.25, 0.3) is 0 Å². The van der Waals surface area contributed by atoms with Crippen LogP contribution in [0.1, 0.15) is 0 Å². The number of hydrogen-bond donors (Lipinski definition) is 6. The molecule has 0 amide bonds. The van der Waals surface area contributed by atoms with Gasteiger partial charge in [0, 0.05) is 10.4 Å². The van der Waals surface area contributed by atoms with E-state index in [1.165, 1.54) is 0 Å². The summed E-state index contributed by atoms with van der Waals surface area (Å²) in [6, 6.07) is 0. The number of carboxylic acid groups (broad SMARTS) is 3. The smallest absolute Gasteiger partial charge is 0.759 e. The third kappa shape index (κ3) is 195. The Morgan fingerprint density at radius 2 is 0.773 bits per heavy atom. The van der Waals surface area contributed by atoms with E-state index < -0.39 is 28.3 Å². The van der Waals surface area contributed by atoms with Crippen LogP contribution >= 0.6 is 0 Å². The molecular formula is C6H15N3Na2O10S. The quantitative estimate of drug-likeness (QED) is 0.154. The zero-order valence-corrected chi connectivity index (χ0v) is 16.8. The molecule has 0 spiro atoms. The van der Waals surface area contributed by atoms with E-state index in [0.29, 0.717) is 0 Å². The number of carboxylic acids is 3. The van der Waals surface area contributed by atoms with Crippen molar-refractivity contribution in [2.24, 2.45) is 17.2 Å². The number of rotatable bonds is 3. The summed E-state index contributed by atoms with van der Waals surface area (Å²) in [6.07, 6.45) is 0. The monoisotopic (exact) mass is 367 g/mol. The van der Waals surface area contributed by atoms with Crippen LogP contribution in [0, 0.1) is 0 Å². The Balaban J connectivity index is -0.0000000376. The molecule has 0 bridgehead atoms. The van der Waals surface area contributed by atoms with Crippen molar-refractivity contribution in [3.8, 4) is 0 Å². The van der Waals surface area contributed by atoms with E-state index in [2.05, 4.69) is 17.2 Å². The second kappa shape index (κ2) is 26.1. The van der Waals surface area contributed by atoms with Crippen molar-refractivity contribution < 1.29 is 106 Å². The molecule has 122 valence electrons. The van der Waals surface area contributed by atoms with Crippen LogP contribution in [-0.2, 0) is 24.8 Å². The van der Waals surface area contributed by atoms with Gasteiger partial charge < -0.3 is 41.6 Å². The van der Waals surface area contributed by atoms with Gasteiger partial charge in [0.1, 0.15) is 0 Å². The van der Waals surface area contributed by atoms with Crippen molar-refractivity contribution in [2.75, 3.05) is 19.6 Å². The molecule has 0 aliphatic rings. The minimum atomic E-state index is -5.17. The number of aliphatic carboxylic acids is 3. The predicted octanol–water partition coefficient (Wildman–Crippen LogP) is -10.2. The molecule has 0 aromatic rings. The number of nitrogens with two attached hydrogens (primary N) is 3. The van der Waals surface area contributed by atoms with Gasteiger partial charge in [0.15, 0.2) is 0 Å². The predicted molar refractivity (Wildman–Crippen MR) is 60.5 cm³/mol. The minimum absolute atomic E-state index is 0. The molecule has 0 rings (SSSR count). The molecule has 0 saturated carbocycles. The molecule has 16 heteroatoms. The largest absolute Gasteiger partial charge is 1.00 e. The van der Waals surface area contributed by atoms with E-state index >= 15 is 0 Å². The van der Waals surface area contributed by atoms with Crippen LogP contribution in [0.2, 0.25) is 0 Å². The van der Waals surface area contributed by atoms with Gasteiger partial charge in [-0.05, 0) is 0 Å². The number of carbonyl (C=O) groups is 3. The summed E-state index contributed by atoms with van der Waals surface area (Å²) < 4.78 is 34.1. The molecular weight excluding hydrogens is 352 g/mol. The molecule has 0 atom stereocenters. The van der Waals surface area contributed by atoms with E-state index in [-0.39, 0.29) is 78.7 Å². The molecule has 22 heavy (non-hydrogen) atoms. The fraction of sp³-hybridized carbons (Fsp3) is 0.500. The standard InChI is InChI=1S/3C2H5NO2.2Na.H2O4S/c3*3-1-2(4)5;;;1-5(2,3)4/h3*1,3H2,(H,4,5);;;(H2,1,2,3,4)/q;;;2*+1;/p-2. The molecule has 0 aliphatic heterocycles. The average molecular weight is 367 g/mol. The normalized spacial score (nSPS) is 7.68. The average Bonchev–Trinajstić information content (AvgIpc) is 2.28. The van der Waals surface area contributed by atoms with Gasteiger partial charge in [-0.25, -0.2) is 0 Å². The maximum Gasteiger partial charge on any atom is 1.00 e. The topological polar surface area (TPSA) is 270 Å². The Morgan fingerprint density at radius 1 is 0.727 bits per heavy atom. The van der Waals surface area contributed by atoms with Crippen molar-refractivity contribution in [3.63, 3.8) is 0 Å². The van der Waals surface area contributed by atoms with Crippen LogP contribution in [0.25, 0.3) is 0 Å². The van der Waals surface area contributed by atoms with E-state index in [1.54, 1.807) is 0 Å². The van der Waals surface area contributed by atoms with Gasteiger partial charge in [-0.3, -0.25) is 22.8 Å². The van der Waals surface area contributed by atoms with Crippen molar-refractivity contribution in [1.82, 2.24) is 0 Å². The Kier molecular flexibility index (Phi) is 45.0. The Hall–Kier alpha value is 0.160. The van der Waals surface area contributed by atoms with E-state index in [0.717, 1.165) is 0 Å². The molecule has 9 N–H and O–H groups in total. The van der Waals surface area contributed by atoms with Crippen LogP contribution < -0.4 is 76.3 Å². The van der Waals surface area contributed by atoms with E-state index in [9.17, 15) is 14.4 Å². The fourth-order valence-corrected chi connectivity index (χ4v) is 0. The van der Waals surface area contributed by atoms with Gasteiger partial charge >= 0.3 is 77.0 Å². The Morgan fingerprint density at radius 3 is 0.773 bits per heavy atom. The van der Waals surface area contributed by atoms with Gasteiger partial charge in [-0.2, -0.15) is 0 Å². The molecule has 0 aliphatic carbocycles. The third-order valence-corrected chi connectivity index (χ3v) is 0.524. The summed E-state index contributed by atoms with van der Waals surface area (Å²) in [6.45, 7) is -0.833. The molecule has 0 heterocycles. The second-order valence-corrected chi connectivity index (χ2v) is 3.02. The zero-order valence-electron chi connectivity index (χ0n) is 12.0. The summed E-state index contributed by atoms with van der Waals surface area (Å²) >= 11 is 0. The first-order chi connectivity index (χ1) is 8.81. The van der Waals surface area contributed by atoms with Crippen molar-refractivity contribution in [2.45, 2.75) is 0 Å². The molecule has 0 radical (unpaired) electrons. The summed E-state index contributed by atoms with van der Waals surface area (Å²) in [4.78, 5) is 27.7. The fourth-order valence-electron chi connectivity index (χ4n) is 0. The molecule has 0 unspecified atom stereocenters. The minimum Gasteiger partial charge on any atom is -0.759 e. The molecule has 0 aromatic heterocycles. The first-order valence-electron chi connectivity index (χ1n) is 4.24. The SMILES string of the molecule is NCC(=O)O.NCC(=O)O.NCC(=O)O.O=S(=O)([O-])[O-].[Na+].[Na+]. The first kappa shape index (κ1) is 38.0.